The van der Waals surface area contributed by atoms with E-state index in [9.17, 15) is 0 Å². The molecule has 1 aromatic carbocycles. The molecule has 0 saturated heterocycles. The molecule has 2 aliphatic carbocycles. The topological polar surface area (TPSA) is 12.0 Å². The van der Waals surface area contributed by atoms with Crippen molar-refractivity contribution in [2.45, 2.75) is 45.1 Å². The fourth-order valence-electron chi connectivity index (χ4n) is 4.72. The number of fused-ring (bicyclic) bond motifs is 2. The zero-order chi connectivity index (χ0) is 13.2. The SMILES string of the molecule is CNC(c1ccccc1)C(C)CC1CC2CCC1C2. The molecule has 0 radical (unpaired) electrons. The van der Waals surface area contributed by atoms with Crippen LogP contribution in [-0.2, 0) is 0 Å². The lowest BCUT2D eigenvalue weighted by Gasteiger charge is -2.30. The molecule has 3 rings (SSSR count). The fourth-order valence-corrected chi connectivity index (χ4v) is 4.72. The molecule has 1 N–H and O–H groups in total. The normalized spacial score (nSPS) is 32.4. The number of benzene rings is 1. The highest BCUT2D eigenvalue weighted by Crippen LogP contribution is 2.51. The molecule has 1 nitrogen and oxygen atoms in total. The van der Waals surface area contributed by atoms with E-state index in [0.29, 0.717) is 6.04 Å². The predicted molar refractivity (Wildman–Crippen MR) is 81.0 cm³/mol. The van der Waals surface area contributed by atoms with Gasteiger partial charge in [0.05, 0.1) is 0 Å². The molecule has 19 heavy (non-hydrogen) atoms. The summed E-state index contributed by atoms with van der Waals surface area (Å²) in [6, 6.07) is 11.5. The molecular weight excluding hydrogens is 230 g/mol. The second-order valence-electron chi connectivity index (χ2n) is 6.82. The average Bonchev–Trinajstić information content (AvgIpc) is 3.03. The van der Waals surface area contributed by atoms with Crippen molar-refractivity contribution < 1.29 is 0 Å². The highest BCUT2D eigenvalue weighted by Gasteiger charge is 2.40. The van der Waals surface area contributed by atoms with E-state index in [1.807, 2.05) is 0 Å². The molecule has 0 heterocycles. The van der Waals surface area contributed by atoms with Crippen molar-refractivity contribution in [3.05, 3.63) is 35.9 Å². The molecule has 2 bridgehead atoms. The first-order valence-electron chi connectivity index (χ1n) is 8.00. The quantitative estimate of drug-likeness (QED) is 0.824. The van der Waals surface area contributed by atoms with Gasteiger partial charge in [-0.2, -0.15) is 0 Å². The maximum atomic E-state index is 3.54. The van der Waals surface area contributed by atoms with Gasteiger partial charge in [0.25, 0.3) is 0 Å². The summed E-state index contributed by atoms with van der Waals surface area (Å²) in [7, 11) is 2.11. The number of nitrogens with one attached hydrogen (secondary N) is 1. The highest BCUT2D eigenvalue weighted by atomic mass is 14.9. The Bertz CT molecular complexity index is 399. The zero-order valence-corrected chi connectivity index (χ0v) is 12.3. The molecule has 0 aliphatic heterocycles. The van der Waals surface area contributed by atoms with Crippen LogP contribution in [0.4, 0.5) is 0 Å². The van der Waals surface area contributed by atoms with E-state index < -0.39 is 0 Å². The maximum absolute atomic E-state index is 3.54. The van der Waals surface area contributed by atoms with Gasteiger partial charge in [0.15, 0.2) is 0 Å². The third kappa shape index (κ3) is 2.72. The number of hydrogen-bond acceptors (Lipinski definition) is 1. The van der Waals surface area contributed by atoms with Gasteiger partial charge in [0, 0.05) is 6.04 Å². The lowest BCUT2D eigenvalue weighted by molar-refractivity contribution is 0.246. The molecule has 2 saturated carbocycles. The van der Waals surface area contributed by atoms with Crippen molar-refractivity contribution in [3.8, 4) is 0 Å². The smallest absolute Gasteiger partial charge is 0.0343 e. The summed E-state index contributed by atoms with van der Waals surface area (Å²) in [6.45, 7) is 2.43. The van der Waals surface area contributed by atoms with Crippen LogP contribution >= 0.6 is 0 Å². The van der Waals surface area contributed by atoms with Gasteiger partial charge in [-0.25, -0.2) is 0 Å². The van der Waals surface area contributed by atoms with Gasteiger partial charge >= 0.3 is 0 Å². The first kappa shape index (κ1) is 13.2. The Morgan fingerprint density at radius 1 is 1.16 bits per heavy atom. The van der Waals surface area contributed by atoms with Crippen LogP contribution in [0, 0.1) is 23.7 Å². The standard InChI is InChI=1S/C18H27N/c1-13(10-17-12-14-8-9-16(17)11-14)18(19-2)15-6-4-3-5-7-15/h3-7,13-14,16-19H,8-12H2,1-2H3. The Labute approximate surface area is 117 Å². The van der Waals surface area contributed by atoms with Crippen LogP contribution < -0.4 is 5.32 Å². The van der Waals surface area contributed by atoms with Crippen molar-refractivity contribution in [2.24, 2.45) is 23.7 Å². The first-order chi connectivity index (χ1) is 9.28. The second-order valence-corrected chi connectivity index (χ2v) is 6.82. The van der Waals surface area contributed by atoms with Gasteiger partial charge < -0.3 is 5.32 Å². The van der Waals surface area contributed by atoms with Crippen LogP contribution in [-0.4, -0.2) is 7.05 Å². The van der Waals surface area contributed by atoms with E-state index in [1.165, 1.54) is 37.7 Å². The number of hydrogen-bond donors (Lipinski definition) is 1. The minimum Gasteiger partial charge on any atom is -0.313 e. The number of rotatable bonds is 5. The summed E-state index contributed by atoms with van der Waals surface area (Å²) >= 11 is 0. The van der Waals surface area contributed by atoms with Crippen molar-refractivity contribution >= 4 is 0 Å². The summed E-state index contributed by atoms with van der Waals surface area (Å²) in [5.74, 6) is 3.87. The Kier molecular flexibility index (Phi) is 3.93. The fraction of sp³-hybridized carbons (Fsp3) is 0.667. The van der Waals surface area contributed by atoms with Crippen LogP contribution in [0.15, 0.2) is 30.3 Å². The summed E-state index contributed by atoms with van der Waals surface area (Å²) in [6.07, 6.45) is 7.48. The molecule has 2 aliphatic rings. The molecule has 0 aromatic heterocycles. The molecule has 1 aromatic rings. The average molecular weight is 257 g/mol. The third-order valence-electron chi connectivity index (χ3n) is 5.60. The molecular formula is C18H27N. The monoisotopic (exact) mass is 257 g/mol. The molecule has 104 valence electrons. The predicted octanol–water partition coefficient (Wildman–Crippen LogP) is 4.41. The molecule has 5 atom stereocenters. The van der Waals surface area contributed by atoms with Crippen LogP contribution in [0.1, 0.15) is 50.6 Å². The third-order valence-corrected chi connectivity index (χ3v) is 5.60. The Balaban J connectivity index is 1.64. The van der Waals surface area contributed by atoms with Gasteiger partial charge in [-0.05, 0) is 62.0 Å². The first-order valence-corrected chi connectivity index (χ1v) is 8.00. The van der Waals surface area contributed by atoms with Gasteiger partial charge in [-0.1, -0.05) is 43.7 Å². The summed E-state index contributed by atoms with van der Waals surface area (Å²) in [5, 5.41) is 3.54. The van der Waals surface area contributed by atoms with E-state index in [-0.39, 0.29) is 0 Å². The molecule has 0 spiro atoms. The van der Waals surface area contributed by atoms with Gasteiger partial charge in [-0.15, -0.1) is 0 Å². The highest BCUT2D eigenvalue weighted by molar-refractivity contribution is 5.19. The van der Waals surface area contributed by atoms with Gasteiger partial charge in [-0.3, -0.25) is 0 Å². The largest absolute Gasteiger partial charge is 0.313 e. The van der Waals surface area contributed by atoms with Crippen molar-refractivity contribution in [1.82, 2.24) is 5.32 Å². The summed E-state index contributed by atoms with van der Waals surface area (Å²) < 4.78 is 0. The van der Waals surface area contributed by atoms with E-state index >= 15 is 0 Å². The second kappa shape index (κ2) is 5.66. The molecule has 2 fully saturated rings. The lowest BCUT2D eigenvalue weighted by Crippen LogP contribution is -2.26. The summed E-state index contributed by atoms with van der Waals surface area (Å²) in [5.41, 5.74) is 1.45. The van der Waals surface area contributed by atoms with E-state index in [1.54, 1.807) is 0 Å². The lowest BCUT2D eigenvalue weighted by atomic mass is 9.79. The van der Waals surface area contributed by atoms with E-state index in [2.05, 4.69) is 49.6 Å². The molecule has 5 unspecified atom stereocenters. The van der Waals surface area contributed by atoms with Crippen LogP contribution in [0.5, 0.6) is 0 Å². The molecule has 1 heteroatoms. The minimum atomic E-state index is 0.514. The summed E-state index contributed by atoms with van der Waals surface area (Å²) in [4.78, 5) is 0. The van der Waals surface area contributed by atoms with Crippen LogP contribution in [0.25, 0.3) is 0 Å². The van der Waals surface area contributed by atoms with Crippen LogP contribution in [0.2, 0.25) is 0 Å². The van der Waals surface area contributed by atoms with Crippen molar-refractivity contribution in [2.75, 3.05) is 7.05 Å². The molecule has 0 amide bonds. The van der Waals surface area contributed by atoms with Crippen molar-refractivity contribution in [3.63, 3.8) is 0 Å². The van der Waals surface area contributed by atoms with Gasteiger partial charge in [0.2, 0.25) is 0 Å². The minimum absolute atomic E-state index is 0.514. The zero-order valence-electron chi connectivity index (χ0n) is 12.3. The Hall–Kier alpha value is -0.820. The van der Waals surface area contributed by atoms with Crippen LogP contribution in [0.3, 0.4) is 0 Å². The Morgan fingerprint density at radius 2 is 1.95 bits per heavy atom. The van der Waals surface area contributed by atoms with Gasteiger partial charge in [0.1, 0.15) is 0 Å². The maximum Gasteiger partial charge on any atom is 0.0343 e. The van der Waals surface area contributed by atoms with E-state index in [0.717, 1.165) is 23.7 Å². The van der Waals surface area contributed by atoms with Crippen molar-refractivity contribution in [1.29, 1.82) is 0 Å². The van der Waals surface area contributed by atoms with E-state index in [4.69, 9.17) is 0 Å². The Morgan fingerprint density at radius 3 is 2.53 bits per heavy atom.